The molecule has 0 N–H and O–H groups in total. The third-order valence-corrected chi connectivity index (χ3v) is 2.85. The predicted molar refractivity (Wildman–Crippen MR) is 54.3 cm³/mol. The molecule has 19 heavy (non-hydrogen) atoms. The Morgan fingerprint density at radius 3 is 1.26 bits per heavy atom. The quantitative estimate of drug-likeness (QED) is 0.587. The van der Waals surface area contributed by atoms with Gasteiger partial charge in [-0.2, -0.15) is 26.3 Å². The highest BCUT2D eigenvalue weighted by atomic mass is 19.4. The van der Waals surface area contributed by atoms with Crippen molar-refractivity contribution in [2.24, 2.45) is 10.8 Å². The molecule has 0 aliphatic rings. The lowest BCUT2D eigenvalue weighted by Crippen LogP contribution is -2.54. The van der Waals surface area contributed by atoms with Crippen LogP contribution >= 0.6 is 0 Å². The highest BCUT2D eigenvalue weighted by Gasteiger charge is 2.71. The fraction of sp³-hybridized carbons (Fsp3) is 0.818. The zero-order chi connectivity index (χ0) is 15.9. The molecule has 0 aromatic rings. The SMILES string of the molecule is CC(C)(C)C(=O)CC(=O)C(C)(C(F)(F)F)C(F)(F)F. The zero-order valence-electron chi connectivity index (χ0n) is 10.8. The summed E-state index contributed by atoms with van der Waals surface area (Å²) in [6, 6.07) is 0. The monoisotopic (exact) mass is 292 g/mol. The van der Waals surface area contributed by atoms with Crippen LogP contribution in [0.25, 0.3) is 0 Å². The van der Waals surface area contributed by atoms with E-state index in [9.17, 15) is 35.9 Å². The van der Waals surface area contributed by atoms with E-state index in [1.807, 2.05) is 0 Å². The molecule has 0 amide bonds. The summed E-state index contributed by atoms with van der Waals surface area (Å²) < 4.78 is 75.3. The number of alkyl halides is 6. The third kappa shape index (κ3) is 3.48. The number of hydrogen-bond acceptors (Lipinski definition) is 2. The van der Waals surface area contributed by atoms with Gasteiger partial charge in [0.05, 0.1) is 6.42 Å². The number of ketones is 2. The molecule has 0 saturated carbocycles. The maximum absolute atomic E-state index is 12.5. The molecule has 0 heterocycles. The van der Waals surface area contributed by atoms with E-state index in [1.54, 1.807) is 0 Å². The second kappa shape index (κ2) is 4.79. The Balaban J connectivity index is 5.48. The van der Waals surface area contributed by atoms with E-state index in [4.69, 9.17) is 0 Å². The second-order valence-corrected chi connectivity index (χ2v) is 5.39. The van der Waals surface area contributed by atoms with Crippen LogP contribution in [0.15, 0.2) is 0 Å². The van der Waals surface area contributed by atoms with Gasteiger partial charge in [-0.1, -0.05) is 20.8 Å². The zero-order valence-corrected chi connectivity index (χ0v) is 10.8. The molecular weight excluding hydrogens is 278 g/mol. The largest absolute Gasteiger partial charge is 0.409 e. The van der Waals surface area contributed by atoms with Gasteiger partial charge in [-0.3, -0.25) is 9.59 Å². The Morgan fingerprint density at radius 2 is 1.05 bits per heavy atom. The Bertz CT molecular complexity index is 358. The number of rotatable bonds is 3. The van der Waals surface area contributed by atoms with Crippen LogP contribution in [0.3, 0.4) is 0 Å². The minimum Gasteiger partial charge on any atom is -0.299 e. The number of carbonyl (C=O) groups excluding carboxylic acids is 2. The molecule has 0 aromatic heterocycles. The maximum Gasteiger partial charge on any atom is 0.409 e. The van der Waals surface area contributed by atoms with Crippen molar-refractivity contribution in [2.75, 3.05) is 0 Å². The van der Waals surface area contributed by atoms with Crippen LogP contribution in [-0.2, 0) is 9.59 Å². The molecule has 2 nitrogen and oxygen atoms in total. The molecule has 112 valence electrons. The van der Waals surface area contributed by atoms with E-state index < -0.39 is 41.2 Å². The normalized spacial score (nSPS) is 14.4. The van der Waals surface area contributed by atoms with Crippen LogP contribution in [0.1, 0.15) is 34.1 Å². The summed E-state index contributed by atoms with van der Waals surface area (Å²) in [5.41, 5.74) is -5.71. The van der Waals surface area contributed by atoms with Gasteiger partial charge in [0.25, 0.3) is 0 Å². The molecule has 0 unspecified atom stereocenters. The van der Waals surface area contributed by atoms with E-state index in [2.05, 4.69) is 0 Å². The summed E-state index contributed by atoms with van der Waals surface area (Å²) in [5, 5.41) is 0. The Morgan fingerprint density at radius 1 is 0.737 bits per heavy atom. The van der Waals surface area contributed by atoms with Crippen molar-refractivity contribution in [3.63, 3.8) is 0 Å². The molecule has 0 bridgehead atoms. The lowest BCUT2D eigenvalue weighted by Gasteiger charge is -2.32. The van der Waals surface area contributed by atoms with Gasteiger partial charge >= 0.3 is 12.4 Å². The van der Waals surface area contributed by atoms with E-state index in [0.717, 1.165) is 0 Å². The van der Waals surface area contributed by atoms with Gasteiger partial charge in [-0.25, -0.2) is 0 Å². The second-order valence-electron chi connectivity index (χ2n) is 5.39. The van der Waals surface area contributed by atoms with Gasteiger partial charge in [0.15, 0.2) is 5.78 Å². The van der Waals surface area contributed by atoms with E-state index in [1.165, 1.54) is 20.8 Å². The Labute approximate surface area is 106 Å². The molecule has 0 rings (SSSR count). The molecule has 8 heteroatoms. The average Bonchev–Trinajstić information content (AvgIpc) is 2.10. The van der Waals surface area contributed by atoms with E-state index in [0.29, 0.717) is 0 Å². The van der Waals surface area contributed by atoms with Gasteiger partial charge in [0.1, 0.15) is 5.78 Å². The predicted octanol–water partition coefficient (Wildman–Crippen LogP) is 3.69. The molecule has 0 aromatic carbocycles. The standard InChI is InChI=1S/C11H14F6O2/c1-8(2,3)6(18)5-7(19)9(4,10(12,13)14)11(15,16)17/h5H2,1-4H3. The highest BCUT2D eigenvalue weighted by molar-refractivity contribution is 6.04. The van der Waals surface area contributed by atoms with Gasteiger partial charge in [0, 0.05) is 5.41 Å². The summed E-state index contributed by atoms with van der Waals surface area (Å²) in [5.74, 6) is -3.16. The molecule has 0 fully saturated rings. The van der Waals surface area contributed by atoms with Crippen molar-refractivity contribution in [1.82, 2.24) is 0 Å². The lowest BCUT2D eigenvalue weighted by atomic mass is 9.78. The molecule has 0 spiro atoms. The summed E-state index contributed by atoms with van der Waals surface area (Å²) >= 11 is 0. The van der Waals surface area contributed by atoms with Crippen LogP contribution in [-0.4, -0.2) is 23.9 Å². The topological polar surface area (TPSA) is 34.1 Å². The first-order valence-electron chi connectivity index (χ1n) is 5.25. The third-order valence-electron chi connectivity index (χ3n) is 2.85. The van der Waals surface area contributed by atoms with Crippen molar-refractivity contribution in [3.8, 4) is 0 Å². The van der Waals surface area contributed by atoms with Crippen molar-refractivity contribution in [3.05, 3.63) is 0 Å². The van der Waals surface area contributed by atoms with Gasteiger partial charge < -0.3 is 0 Å². The minimum atomic E-state index is -5.81. The first-order valence-corrected chi connectivity index (χ1v) is 5.25. The number of hydrogen-bond donors (Lipinski definition) is 0. The van der Waals surface area contributed by atoms with Crippen LogP contribution < -0.4 is 0 Å². The molecular formula is C11H14F6O2. The number of halogens is 6. The van der Waals surface area contributed by atoms with E-state index >= 15 is 0 Å². The molecule has 0 aliphatic heterocycles. The minimum absolute atomic E-state index is 0.245. The molecule has 0 atom stereocenters. The summed E-state index contributed by atoms with van der Waals surface area (Å²) in [6.07, 6.45) is -13.0. The first kappa shape index (κ1) is 17.9. The van der Waals surface area contributed by atoms with Crippen molar-refractivity contribution in [1.29, 1.82) is 0 Å². The number of carbonyl (C=O) groups is 2. The summed E-state index contributed by atoms with van der Waals surface area (Å²) in [4.78, 5) is 22.8. The smallest absolute Gasteiger partial charge is 0.299 e. The molecule has 0 radical (unpaired) electrons. The lowest BCUT2D eigenvalue weighted by molar-refractivity contribution is -0.318. The fourth-order valence-electron chi connectivity index (χ4n) is 1.06. The van der Waals surface area contributed by atoms with Crippen LogP contribution in [0.4, 0.5) is 26.3 Å². The Hall–Kier alpha value is -1.08. The van der Waals surface area contributed by atoms with Crippen molar-refractivity contribution in [2.45, 2.75) is 46.5 Å². The average molecular weight is 292 g/mol. The fourth-order valence-corrected chi connectivity index (χ4v) is 1.06. The van der Waals surface area contributed by atoms with Crippen LogP contribution in [0, 0.1) is 10.8 Å². The first-order chi connectivity index (χ1) is 8.05. The van der Waals surface area contributed by atoms with Crippen molar-refractivity contribution < 1.29 is 35.9 Å². The molecule has 0 aliphatic carbocycles. The summed E-state index contributed by atoms with van der Waals surface area (Å²) in [7, 11) is 0. The van der Waals surface area contributed by atoms with Crippen LogP contribution in [0.5, 0.6) is 0 Å². The van der Waals surface area contributed by atoms with Gasteiger partial charge in [0.2, 0.25) is 5.41 Å². The van der Waals surface area contributed by atoms with Gasteiger partial charge in [-0.05, 0) is 6.92 Å². The molecule has 0 saturated heterocycles. The summed E-state index contributed by atoms with van der Waals surface area (Å²) in [6.45, 7) is 3.68. The van der Waals surface area contributed by atoms with E-state index in [-0.39, 0.29) is 6.92 Å². The van der Waals surface area contributed by atoms with Crippen LogP contribution in [0.2, 0.25) is 0 Å². The number of Topliss-reactive ketones (excluding diaryl/α,β-unsaturated/α-hetero) is 2. The Kier molecular flexibility index (Phi) is 4.52. The van der Waals surface area contributed by atoms with Gasteiger partial charge in [-0.15, -0.1) is 0 Å². The van der Waals surface area contributed by atoms with Crippen molar-refractivity contribution >= 4 is 11.6 Å². The maximum atomic E-state index is 12.5. The highest BCUT2D eigenvalue weighted by Crippen LogP contribution is 2.51.